The minimum absolute atomic E-state index is 0.103. The van der Waals surface area contributed by atoms with E-state index in [0.29, 0.717) is 40.1 Å². The Bertz CT molecular complexity index is 1700. The number of nitrogens with two attached hydrogens (primary N) is 1. The van der Waals surface area contributed by atoms with Crippen LogP contribution >= 0.6 is 0 Å². The van der Waals surface area contributed by atoms with Gasteiger partial charge in [0, 0.05) is 36.1 Å². The predicted octanol–water partition coefficient (Wildman–Crippen LogP) is 3.38. The molecule has 5 aromatic rings. The van der Waals surface area contributed by atoms with Gasteiger partial charge >= 0.3 is 6.01 Å². The lowest BCUT2D eigenvalue weighted by Crippen LogP contribution is -2.17. The molecule has 5 rings (SSSR count). The van der Waals surface area contributed by atoms with E-state index in [2.05, 4.69) is 26.1 Å². The first-order chi connectivity index (χ1) is 17.5. The average Bonchev–Trinajstić information content (AvgIpc) is 3.33. The molecule has 0 fully saturated rings. The minimum atomic E-state index is -0.120. The summed E-state index contributed by atoms with van der Waals surface area (Å²) in [6.07, 6.45) is 3.45. The van der Waals surface area contributed by atoms with Crippen LogP contribution in [0.5, 0.6) is 6.01 Å². The molecule has 2 N–H and O–H groups in total. The second-order valence-electron chi connectivity index (χ2n) is 8.11. The molecule has 0 saturated carbocycles. The van der Waals surface area contributed by atoms with Crippen molar-refractivity contribution in [2.24, 2.45) is 0 Å². The maximum atomic E-state index is 12.3. The van der Waals surface area contributed by atoms with Crippen LogP contribution in [0.2, 0.25) is 0 Å². The van der Waals surface area contributed by atoms with Crippen LogP contribution in [0.15, 0.2) is 65.7 Å². The predicted molar refractivity (Wildman–Crippen MR) is 134 cm³/mol. The molecule has 0 aliphatic rings. The second kappa shape index (κ2) is 9.31. The molecule has 4 heterocycles. The van der Waals surface area contributed by atoms with E-state index in [1.54, 1.807) is 41.2 Å². The van der Waals surface area contributed by atoms with Crippen molar-refractivity contribution >= 4 is 11.6 Å². The molecule has 36 heavy (non-hydrogen) atoms. The Labute approximate surface area is 206 Å². The Morgan fingerprint density at radius 1 is 1.11 bits per heavy atom. The fraction of sp³-hybridized carbons (Fsp3) is 0.154. The van der Waals surface area contributed by atoms with Crippen LogP contribution in [0.3, 0.4) is 0 Å². The number of nitriles is 1. The van der Waals surface area contributed by atoms with Gasteiger partial charge in [-0.1, -0.05) is 18.2 Å². The van der Waals surface area contributed by atoms with Crippen molar-refractivity contribution in [3.05, 3.63) is 88.1 Å². The third kappa shape index (κ3) is 4.14. The van der Waals surface area contributed by atoms with Gasteiger partial charge in [0.15, 0.2) is 5.65 Å². The summed E-state index contributed by atoms with van der Waals surface area (Å²) in [5, 5.41) is 13.8. The van der Waals surface area contributed by atoms with Crippen molar-refractivity contribution in [3.63, 3.8) is 0 Å². The molecule has 0 aliphatic heterocycles. The third-order valence-electron chi connectivity index (χ3n) is 5.83. The number of rotatable bonds is 6. The molecule has 0 spiro atoms. The van der Waals surface area contributed by atoms with Gasteiger partial charge in [-0.3, -0.25) is 9.78 Å². The topological polar surface area (TPSA) is 137 Å². The Morgan fingerprint density at radius 3 is 2.75 bits per heavy atom. The standard InChI is InChI=1S/C26H22N8O2/c1-3-33-14-19(9-10-21(33)35)22-23(18-8-4-7-17(12-18)13-27)30-25(28)34-24(22)31-26(32-34)36-15-20-16(2)6-5-11-29-20/h4-12,14H,3,15H2,1-2H3,(H2,28,30). The number of benzene rings is 1. The summed E-state index contributed by atoms with van der Waals surface area (Å²) in [6, 6.07) is 16.4. The minimum Gasteiger partial charge on any atom is -0.456 e. The number of pyridine rings is 2. The number of hydrogen-bond acceptors (Lipinski definition) is 8. The lowest BCUT2D eigenvalue weighted by atomic mass is 10.00. The number of aromatic nitrogens is 6. The highest BCUT2D eigenvalue weighted by atomic mass is 16.5. The summed E-state index contributed by atoms with van der Waals surface area (Å²) >= 11 is 0. The number of aryl methyl sites for hydroxylation is 2. The van der Waals surface area contributed by atoms with E-state index >= 15 is 0 Å². The van der Waals surface area contributed by atoms with E-state index in [9.17, 15) is 10.1 Å². The van der Waals surface area contributed by atoms with Crippen LogP contribution in [0, 0.1) is 18.3 Å². The summed E-state index contributed by atoms with van der Waals surface area (Å²) in [5.41, 5.74) is 11.3. The monoisotopic (exact) mass is 478 g/mol. The van der Waals surface area contributed by atoms with Crippen LogP contribution in [0.25, 0.3) is 28.0 Å². The number of nitrogen functional groups attached to an aromatic ring is 1. The molecule has 0 atom stereocenters. The van der Waals surface area contributed by atoms with Gasteiger partial charge in [0.25, 0.3) is 5.56 Å². The van der Waals surface area contributed by atoms with Gasteiger partial charge in [-0.15, -0.1) is 5.10 Å². The number of anilines is 1. The van der Waals surface area contributed by atoms with Crippen molar-refractivity contribution in [3.8, 4) is 34.5 Å². The van der Waals surface area contributed by atoms with Crippen LogP contribution in [0.4, 0.5) is 5.95 Å². The van der Waals surface area contributed by atoms with Crippen molar-refractivity contribution in [1.29, 1.82) is 5.26 Å². The number of hydrogen-bond donors (Lipinski definition) is 1. The first kappa shape index (κ1) is 22.7. The molecular weight excluding hydrogens is 456 g/mol. The lowest BCUT2D eigenvalue weighted by molar-refractivity contribution is 0.276. The van der Waals surface area contributed by atoms with Crippen molar-refractivity contribution in [2.75, 3.05) is 5.73 Å². The SMILES string of the molecule is CCn1cc(-c2c(-c3cccc(C#N)c3)nc(N)n3nc(OCc4ncccc4C)nc23)ccc1=O. The van der Waals surface area contributed by atoms with Gasteiger partial charge < -0.3 is 15.0 Å². The fourth-order valence-electron chi connectivity index (χ4n) is 3.94. The highest BCUT2D eigenvalue weighted by molar-refractivity contribution is 5.90. The number of nitrogens with zero attached hydrogens (tertiary/aromatic N) is 7. The van der Waals surface area contributed by atoms with Gasteiger partial charge in [-0.2, -0.15) is 14.8 Å². The summed E-state index contributed by atoms with van der Waals surface area (Å²) in [6.45, 7) is 4.52. The summed E-state index contributed by atoms with van der Waals surface area (Å²) in [5.74, 6) is 0.103. The van der Waals surface area contributed by atoms with Gasteiger partial charge in [0.2, 0.25) is 5.95 Å². The Morgan fingerprint density at radius 2 is 1.97 bits per heavy atom. The Hall–Kier alpha value is -5.04. The molecule has 0 saturated heterocycles. The maximum absolute atomic E-state index is 12.3. The summed E-state index contributed by atoms with van der Waals surface area (Å²) in [7, 11) is 0. The molecule has 4 aromatic heterocycles. The summed E-state index contributed by atoms with van der Waals surface area (Å²) in [4.78, 5) is 25.9. The second-order valence-corrected chi connectivity index (χ2v) is 8.11. The van der Waals surface area contributed by atoms with Crippen LogP contribution in [-0.2, 0) is 13.2 Å². The molecule has 0 unspecified atom stereocenters. The van der Waals surface area contributed by atoms with E-state index in [1.807, 2.05) is 32.0 Å². The van der Waals surface area contributed by atoms with E-state index < -0.39 is 0 Å². The fourth-order valence-corrected chi connectivity index (χ4v) is 3.94. The molecule has 0 radical (unpaired) electrons. The lowest BCUT2D eigenvalue weighted by Gasteiger charge is -2.13. The average molecular weight is 479 g/mol. The quantitative estimate of drug-likeness (QED) is 0.392. The zero-order valence-electron chi connectivity index (χ0n) is 19.7. The van der Waals surface area contributed by atoms with Gasteiger partial charge in [-0.05, 0) is 43.7 Å². The highest BCUT2D eigenvalue weighted by Crippen LogP contribution is 2.35. The van der Waals surface area contributed by atoms with Gasteiger partial charge in [-0.25, -0.2) is 4.98 Å². The Balaban J connectivity index is 1.71. The van der Waals surface area contributed by atoms with Crippen molar-refractivity contribution < 1.29 is 4.74 Å². The Kier molecular flexibility index (Phi) is 5.88. The third-order valence-corrected chi connectivity index (χ3v) is 5.83. The van der Waals surface area contributed by atoms with Crippen molar-refractivity contribution in [2.45, 2.75) is 27.0 Å². The first-order valence-electron chi connectivity index (χ1n) is 11.3. The van der Waals surface area contributed by atoms with Crippen LogP contribution < -0.4 is 16.0 Å². The maximum Gasteiger partial charge on any atom is 0.336 e. The molecule has 0 aliphatic carbocycles. The molecular formula is C26H22N8O2. The van der Waals surface area contributed by atoms with Crippen LogP contribution in [0.1, 0.15) is 23.7 Å². The smallest absolute Gasteiger partial charge is 0.336 e. The van der Waals surface area contributed by atoms with E-state index in [1.165, 1.54) is 10.6 Å². The molecule has 178 valence electrons. The molecule has 10 nitrogen and oxygen atoms in total. The van der Waals surface area contributed by atoms with E-state index in [-0.39, 0.29) is 24.1 Å². The normalized spacial score (nSPS) is 10.9. The summed E-state index contributed by atoms with van der Waals surface area (Å²) < 4.78 is 8.87. The zero-order valence-corrected chi connectivity index (χ0v) is 19.7. The van der Waals surface area contributed by atoms with E-state index in [4.69, 9.17) is 10.5 Å². The first-order valence-corrected chi connectivity index (χ1v) is 11.3. The number of ether oxygens (including phenoxy) is 1. The zero-order chi connectivity index (χ0) is 25.2. The molecule has 0 amide bonds. The van der Waals surface area contributed by atoms with Gasteiger partial charge in [0.1, 0.15) is 6.61 Å². The number of fused-ring (bicyclic) bond motifs is 1. The highest BCUT2D eigenvalue weighted by Gasteiger charge is 2.21. The largest absolute Gasteiger partial charge is 0.456 e. The van der Waals surface area contributed by atoms with Crippen LogP contribution in [-0.4, -0.2) is 29.1 Å². The van der Waals surface area contributed by atoms with Gasteiger partial charge in [0.05, 0.1) is 28.6 Å². The van der Waals surface area contributed by atoms with Crippen molar-refractivity contribution in [1.82, 2.24) is 29.1 Å². The van der Waals surface area contributed by atoms with E-state index in [0.717, 1.165) is 11.3 Å². The molecule has 10 heteroatoms. The molecule has 0 bridgehead atoms. The molecule has 1 aromatic carbocycles.